The number of halogens is 1. The largest absolute Gasteiger partial charge is 0.493 e. The zero-order valence-electron chi connectivity index (χ0n) is 12.8. The molecular formula is C16H15BrN2O4S. The Hall–Kier alpha value is -2.32. The Balaban J connectivity index is 2.01. The van der Waals surface area contributed by atoms with Crippen LogP contribution in [-0.4, -0.2) is 25.5 Å². The van der Waals surface area contributed by atoms with Gasteiger partial charge in [-0.25, -0.2) is 0 Å². The number of hydrogen-bond donors (Lipinski definition) is 2. The van der Waals surface area contributed by atoms with E-state index in [0.717, 1.165) is 3.79 Å². The molecule has 24 heavy (non-hydrogen) atoms. The smallest absolute Gasteiger partial charge is 0.279 e. The predicted octanol–water partition coefficient (Wildman–Crippen LogP) is 3.16. The quantitative estimate of drug-likeness (QED) is 0.566. The normalized spacial score (nSPS) is 9.92. The summed E-state index contributed by atoms with van der Waals surface area (Å²) in [7, 11) is 1.48. The molecule has 1 aromatic heterocycles. The van der Waals surface area contributed by atoms with E-state index >= 15 is 0 Å². The topological polar surface area (TPSA) is 76.7 Å². The van der Waals surface area contributed by atoms with Crippen LogP contribution in [0.15, 0.2) is 46.8 Å². The van der Waals surface area contributed by atoms with Gasteiger partial charge in [0.2, 0.25) is 0 Å². The molecule has 0 spiro atoms. The SMILES string of the molecule is C=CCOc1ccc(C(=O)NNC(=O)c2ccc(Br)s2)cc1OC. The predicted molar refractivity (Wildman–Crippen MR) is 95.6 cm³/mol. The molecule has 0 aliphatic carbocycles. The molecule has 0 saturated carbocycles. The maximum absolute atomic E-state index is 12.1. The third-order valence-corrected chi connectivity index (χ3v) is 4.49. The van der Waals surface area contributed by atoms with Gasteiger partial charge in [0.25, 0.3) is 11.8 Å². The van der Waals surface area contributed by atoms with Crippen molar-refractivity contribution in [1.29, 1.82) is 0 Å². The van der Waals surface area contributed by atoms with E-state index in [4.69, 9.17) is 9.47 Å². The second-order valence-corrected chi connectivity index (χ2v) is 6.94. The van der Waals surface area contributed by atoms with Crippen molar-refractivity contribution in [1.82, 2.24) is 10.9 Å². The van der Waals surface area contributed by atoms with Crippen LogP contribution in [0.3, 0.4) is 0 Å². The molecule has 0 bridgehead atoms. The van der Waals surface area contributed by atoms with Crippen LogP contribution in [0.1, 0.15) is 20.0 Å². The number of ether oxygens (including phenoxy) is 2. The maximum Gasteiger partial charge on any atom is 0.279 e. The van der Waals surface area contributed by atoms with E-state index in [1.165, 1.54) is 24.5 Å². The van der Waals surface area contributed by atoms with Crippen LogP contribution in [-0.2, 0) is 0 Å². The molecule has 2 amide bonds. The second-order valence-electron chi connectivity index (χ2n) is 4.48. The number of hydrazine groups is 1. The van der Waals surface area contributed by atoms with E-state index in [9.17, 15) is 9.59 Å². The van der Waals surface area contributed by atoms with E-state index in [1.54, 1.807) is 30.3 Å². The molecule has 0 saturated heterocycles. The van der Waals surface area contributed by atoms with E-state index in [2.05, 4.69) is 33.4 Å². The zero-order valence-corrected chi connectivity index (χ0v) is 15.2. The summed E-state index contributed by atoms with van der Waals surface area (Å²) in [6.45, 7) is 3.90. The monoisotopic (exact) mass is 410 g/mol. The van der Waals surface area contributed by atoms with Gasteiger partial charge in [0.15, 0.2) is 11.5 Å². The highest BCUT2D eigenvalue weighted by atomic mass is 79.9. The lowest BCUT2D eigenvalue weighted by Gasteiger charge is -2.11. The Labute approximate surface area is 151 Å². The number of rotatable bonds is 6. The summed E-state index contributed by atoms with van der Waals surface area (Å²) in [5.41, 5.74) is 5.05. The van der Waals surface area contributed by atoms with Crippen molar-refractivity contribution >= 4 is 39.1 Å². The first kappa shape index (κ1) is 18.0. The number of hydrogen-bond acceptors (Lipinski definition) is 5. The fourth-order valence-electron chi connectivity index (χ4n) is 1.76. The summed E-state index contributed by atoms with van der Waals surface area (Å²) in [4.78, 5) is 24.5. The van der Waals surface area contributed by atoms with Crippen molar-refractivity contribution in [2.24, 2.45) is 0 Å². The molecule has 6 nitrogen and oxygen atoms in total. The molecule has 1 aromatic carbocycles. The van der Waals surface area contributed by atoms with Crippen LogP contribution in [0, 0.1) is 0 Å². The van der Waals surface area contributed by atoms with Gasteiger partial charge in [0.05, 0.1) is 15.8 Å². The van der Waals surface area contributed by atoms with Crippen molar-refractivity contribution in [3.05, 3.63) is 57.2 Å². The minimum Gasteiger partial charge on any atom is -0.493 e. The van der Waals surface area contributed by atoms with Crippen molar-refractivity contribution in [2.45, 2.75) is 0 Å². The fourth-order valence-corrected chi connectivity index (χ4v) is 3.04. The highest BCUT2D eigenvalue weighted by molar-refractivity contribution is 9.11. The molecule has 0 fully saturated rings. The fraction of sp³-hybridized carbons (Fsp3) is 0.125. The lowest BCUT2D eigenvalue weighted by molar-refractivity contribution is 0.0848. The van der Waals surface area contributed by atoms with Crippen molar-refractivity contribution in [2.75, 3.05) is 13.7 Å². The molecule has 2 N–H and O–H groups in total. The first-order valence-corrected chi connectivity index (χ1v) is 8.44. The van der Waals surface area contributed by atoms with Crippen LogP contribution >= 0.6 is 27.3 Å². The average molecular weight is 411 g/mol. The summed E-state index contributed by atoms with van der Waals surface area (Å²) in [6.07, 6.45) is 1.61. The molecule has 0 unspecified atom stereocenters. The highest BCUT2D eigenvalue weighted by Crippen LogP contribution is 2.28. The van der Waals surface area contributed by atoms with E-state index in [1.807, 2.05) is 0 Å². The molecule has 0 radical (unpaired) electrons. The standard InChI is InChI=1S/C16H15BrN2O4S/c1-3-8-23-11-5-4-10(9-12(11)22-2)15(20)18-19-16(21)13-6-7-14(17)24-13/h3-7,9H,1,8H2,2H3,(H,18,20)(H,19,21). The average Bonchev–Trinajstić information content (AvgIpc) is 3.03. The number of nitrogens with one attached hydrogen (secondary N) is 2. The molecule has 126 valence electrons. The first-order chi connectivity index (χ1) is 11.5. The van der Waals surface area contributed by atoms with Crippen LogP contribution in [0.4, 0.5) is 0 Å². The molecule has 0 atom stereocenters. The second kappa shape index (κ2) is 8.51. The van der Waals surface area contributed by atoms with Crippen LogP contribution in [0.25, 0.3) is 0 Å². The van der Waals surface area contributed by atoms with Crippen molar-refractivity contribution in [3.63, 3.8) is 0 Å². The molecule has 1 heterocycles. The number of amides is 2. The summed E-state index contributed by atoms with van der Waals surface area (Å²) in [6, 6.07) is 8.14. The molecule has 2 rings (SSSR count). The van der Waals surface area contributed by atoms with E-state index in [0.29, 0.717) is 28.5 Å². The van der Waals surface area contributed by atoms with Gasteiger partial charge >= 0.3 is 0 Å². The number of benzene rings is 1. The van der Waals surface area contributed by atoms with Gasteiger partial charge in [0.1, 0.15) is 6.61 Å². The van der Waals surface area contributed by atoms with Gasteiger partial charge in [-0.05, 0) is 46.3 Å². The number of thiophene rings is 1. The Morgan fingerprint density at radius 2 is 1.96 bits per heavy atom. The van der Waals surface area contributed by atoms with Gasteiger partial charge < -0.3 is 9.47 Å². The summed E-state index contributed by atoms with van der Waals surface area (Å²) < 4.78 is 11.5. The van der Waals surface area contributed by atoms with Crippen LogP contribution in [0.5, 0.6) is 11.5 Å². The zero-order chi connectivity index (χ0) is 17.5. The Morgan fingerprint density at radius 1 is 1.21 bits per heavy atom. The van der Waals surface area contributed by atoms with E-state index in [-0.39, 0.29) is 0 Å². The lowest BCUT2D eigenvalue weighted by Crippen LogP contribution is -2.41. The van der Waals surface area contributed by atoms with Crippen LogP contribution < -0.4 is 20.3 Å². The Bertz CT molecular complexity index is 760. The van der Waals surface area contributed by atoms with Gasteiger partial charge in [-0.3, -0.25) is 20.4 Å². The van der Waals surface area contributed by atoms with Gasteiger partial charge in [-0.1, -0.05) is 12.7 Å². The van der Waals surface area contributed by atoms with Gasteiger partial charge in [-0.15, -0.1) is 11.3 Å². The number of carbonyl (C=O) groups excluding carboxylic acids is 2. The van der Waals surface area contributed by atoms with Gasteiger partial charge in [-0.2, -0.15) is 0 Å². The van der Waals surface area contributed by atoms with Crippen molar-refractivity contribution < 1.29 is 19.1 Å². The van der Waals surface area contributed by atoms with Crippen molar-refractivity contribution in [3.8, 4) is 11.5 Å². The molecule has 0 aliphatic rings. The Kier molecular flexibility index (Phi) is 6.39. The molecule has 0 aliphatic heterocycles. The summed E-state index contributed by atoms with van der Waals surface area (Å²) in [5, 5.41) is 0. The molecule has 8 heteroatoms. The number of methoxy groups -OCH3 is 1. The number of carbonyl (C=O) groups is 2. The third-order valence-electron chi connectivity index (χ3n) is 2.87. The summed E-state index contributed by atoms with van der Waals surface area (Å²) in [5.74, 6) is 0.0592. The molecular weight excluding hydrogens is 396 g/mol. The van der Waals surface area contributed by atoms with Crippen LogP contribution in [0.2, 0.25) is 0 Å². The molecule has 2 aromatic rings. The summed E-state index contributed by atoms with van der Waals surface area (Å²) >= 11 is 4.54. The first-order valence-electron chi connectivity index (χ1n) is 6.83. The minimum atomic E-state index is -0.465. The minimum absolute atomic E-state index is 0.325. The van der Waals surface area contributed by atoms with E-state index < -0.39 is 11.8 Å². The maximum atomic E-state index is 12.1. The highest BCUT2D eigenvalue weighted by Gasteiger charge is 2.13. The Morgan fingerprint density at radius 3 is 2.58 bits per heavy atom. The third kappa shape index (κ3) is 4.59. The lowest BCUT2D eigenvalue weighted by atomic mass is 10.2. The van der Waals surface area contributed by atoms with Gasteiger partial charge in [0, 0.05) is 5.56 Å².